The molecule has 1 aromatic heterocycles. The van der Waals surface area contributed by atoms with E-state index in [0.29, 0.717) is 5.92 Å². The second-order valence-corrected chi connectivity index (χ2v) is 5.24. The Morgan fingerprint density at radius 3 is 3.12 bits per heavy atom. The summed E-state index contributed by atoms with van der Waals surface area (Å²) in [6.45, 7) is 4.34. The van der Waals surface area contributed by atoms with Crippen molar-refractivity contribution >= 4 is 0 Å². The molecule has 2 unspecified atom stereocenters. The molecule has 1 N–H and O–H groups in total. The van der Waals surface area contributed by atoms with E-state index < -0.39 is 0 Å². The van der Waals surface area contributed by atoms with Crippen molar-refractivity contribution in [2.45, 2.75) is 45.1 Å². The summed E-state index contributed by atoms with van der Waals surface area (Å²) in [4.78, 5) is 9.34. The summed E-state index contributed by atoms with van der Waals surface area (Å²) < 4.78 is 0. The fraction of sp³-hybridized carbons (Fsp3) is 0.692. The minimum atomic E-state index is 0.621. The van der Waals surface area contributed by atoms with Crippen molar-refractivity contribution in [1.82, 2.24) is 15.3 Å². The first-order valence-electron chi connectivity index (χ1n) is 6.38. The molecule has 0 amide bonds. The zero-order chi connectivity index (χ0) is 11.0. The highest BCUT2D eigenvalue weighted by molar-refractivity contribution is 5.21. The normalized spacial score (nSPS) is 29.1. The van der Waals surface area contributed by atoms with Crippen LogP contribution in [0.3, 0.4) is 0 Å². The Bertz CT molecular complexity index is 389. The number of rotatable bonds is 1. The van der Waals surface area contributed by atoms with Crippen LogP contribution in [-0.4, -0.2) is 16.5 Å². The smallest absolute Gasteiger partial charge is 0.131 e. The summed E-state index contributed by atoms with van der Waals surface area (Å²) in [5.41, 5.74) is 2.57. The Labute approximate surface area is 96.7 Å². The van der Waals surface area contributed by atoms with Crippen LogP contribution >= 0.6 is 0 Å². The molecule has 2 aliphatic rings. The SMILES string of the molecule is CC1CCC(c2ncc3c(n2)CCNC3)C1. The van der Waals surface area contributed by atoms with Crippen LogP contribution in [0, 0.1) is 5.92 Å². The van der Waals surface area contributed by atoms with E-state index >= 15 is 0 Å². The molecule has 0 saturated heterocycles. The maximum Gasteiger partial charge on any atom is 0.131 e. The van der Waals surface area contributed by atoms with Gasteiger partial charge in [-0.15, -0.1) is 0 Å². The summed E-state index contributed by atoms with van der Waals surface area (Å²) in [6, 6.07) is 0. The van der Waals surface area contributed by atoms with Crippen molar-refractivity contribution in [3.05, 3.63) is 23.3 Å². The highest BCUT2D eigenvalue weighted by atomic mass is 14.9. The van der Waals surface area contributed by atoms with Crippen LogP contribution in [0.5, 0.6) is 0 Å². The molecule has 1 saturated carbocycles. The monoisotopic (exact) mass is 217 g/mol. The van der Waals surface area contributed by atoms with Gasteiger partial charge in [-0.3, -0.25) is 0 Å². The molecular weight excluding hydrogens is 198 g/mol. The van der Waals surface area contributed by atoms with E-state index in [2.05, 4.69) is 17.2 Å². The Morgan fingerprint density at radius 1 is 1.38 bits per heavy atom. The fourth-order valence-corrected chi connectivity index (χ4v) is 2.89. The summed E-state index contributed by atoms with van der Waals surface area (Å²) in [6.07, 6.45) is 6.99. The first kappa shape index (κ1) is 10.2. The molecule has 2 heterocycles. The van der Waals surface area contributed by atoms with Crippen molar-refractivity contribution in [1.29, 1.82) is 0 Å². The van der Waals surface area contributed by atoms with Crippen molar-refractivity contribution in [2.24, 2.45) is 5.92 Å². The van der Waals surface area contributed by atoms with E-state index in [1.807, 2.05) is 6.20 Å². The predicted octanol–water partition coefficient (Wildman–Crippen LogP) is 2.03. The van der Waals surface area contributed by atoms with Crippen LogP contribution < -0.4 is 5.32 Å². The lowest BCUT2D eigenvalue weighted by Crippen LogP contribution is -2.25. The molecule has 1 aliphatic carbocycles. The van der Waals surface area contributed by atoms with Crippen LogP contribution in [-0.2, 0) is 13.0 Å². The Hall–Kier alpha value is -0.960. The second-order valence-electron chi connectivity index (χ2n) is 5.24. The third kappa shape index (κ3) is 1.84. The molecule has 0 aromatic carbocycles. The minimum absolute atomic E-state index is 0.621. The van der Waals surface area contributed by atoms with Gasteiger partial charge in [0.1, 0.15) is 5.82 Å². The van der Waals surface area contributed by atoms with E-state index in [-0.39, 0.29) is 0 Å². The highest BCUT2D eigenvalue weighted by Gasteiger charge is 2.25. The second kappa shape index (κ2) is 4.13. The van der Waals surface area contributed by atoms with Gasteiger partial charge < -0.3 is 5.32 Å². The first-order valence-corrected chi connectivity index (χ1v) is 6.38. The summed E-state index contributed by atoms with van der Waals surface area (Å²) in [5, 5.41) is 3.36. The molecular formula is C13H19N3. The van der Waals surface area contributed by atoms with Crippen LogP contribution in [0.4, 0.5) is 0 Å². The lowest BCUT2D eigenvalue weighted by atomic mass is 10.0. The molecule has 86 valence electrons. The zero-order valence-electron chi connectivity index (χ0n) is 9.87. The third-order valence-corrected chi connectivity index (χ3v) is 3.89. The number of aromatic nitrogens is 2. The Balaban J connectivity index is 1.85. The van der Waals surface area contributed by atoms with Gasteiger partial charge in [-0.2, -0.15) is 0 Å². The molecule has 1 aromatic rings. The van der Waals surface area contributed by atoms with Gasteiger partial charge in [0, 0.05) is 42.9 Å². The number of fused-ring (bicyclic) bond motifs is 1. The van der Waals surface area contributed by atoms with Crippen molar-refractivity contribution in [2.75, 3.05) is 6.54 Å². The molecule has 3 heteroatoms. The maximum absolute atomic E-state index is 4.78. The van der Waals surface area contributed by atoms with Gasteiger partial charge in [0.2, 0.25) is 0 Å². The molecule has 3 nitrogen and oxygen atoms in total. The average molecular weight is 217 g/mol. The summed E-state index contributed by atoms with van der Waals surface area (Å²) in [7, 11) is 0. The predicted molar refractivity (Wildman–Crippen MR) is 63.2 cm³/mol. The van der Waals surface area contributed by atoms with Crippen LogP contribution in [0.1, 0.15) is 49.2 Å². The van der Waals surface area contributed by atoms with Gasteiger partial charge in [-0.1, -0.05) is 6.92 Å². The molecule has 1 fully saturated rings. The molecule has 1 aliphatic heterocycles. The van der Waals surface area contributed by atoms with E-state index in [9.17, 15) is 0 Å². The lowest BCUT2D eigenvalue weighted by Gasteiger charge is -2.17. The highest BCUT2D eigenvalue weighted by Crippen LogP contribution is 2.36. The van der Waals surface area contributed by atoms with Crippen LogP contribution in [0.25, 0.3) is 0 Å². The Morgan fingerprint density at radius 2 is 2.31 bits per heavy atom. The fourth-order valence-electron chi connectivity index (χ4n) is 2.89. The zero-order valence-corrected chi connectivity index (χ0v) is 9.87. The summed E-state index contributed by atoms with van der Waals surface area (Å²) in [5.74, 6) is 2.58. The molecule has 0 spiro atoms. The average Bonchev–Trinajstić information content (AvgIpc) is 2.75. The number of hydrogen-bond acceptors (Lipinski definition) is 3. The quantitative estimate of drug-likeness (QED) is 0.782. The van der Waals surface area contributed by atoms with E-state index in [0.717, 1.165) is 31.3 Å². The maximum atomic E-state index is 4.78. The van der Waals surface area contributed by atoms with Gasteiger partial charge in [0.05, 0.1) is 0 Å². The van der Waals surface area contributed by atoms with E-state index in [1.54, 1.807) is 0 Å². The van der Waals surface area contributed by atoms with Crippen molar-refractivity contribution in [3.63, 3.8) is 0 Å². The van der Waals surface area contributed by atoms with Gasteiger partial charge in [-0.25, -0.2) is 9.97 Å². The van der Waals surface area contributed by atoms with Crippen molar-refractivity contribution < 1.29 is 0 Å². The standard InChI is InChI=1S/C13H19N3/c1-9-2-3-10(6-9)13-15-8-11-7-14-5-4-12(11)16-13/h8-10,14H,2-7H2,1H3. The van der Waals surface area contributed by atoms with Gasteiger partial charge >= 0.3 is 0 Å². The minimum Gasteiger partial charge on any atom is -0.312 e. The molecule has 0 radical (unpaired) electrons. The number of hydrogen-bond donors (Lipinski definition) is 1. The van der Waals surface area contributed by atoms with Crippen LogP contribution in [0.2, 0.25) is 0 Å². The number of nitrogens with one attached hydrogen (secondary N) is 1. The van der Waals surface area contributed by atoms with Crippen molar-refractivity contribution in [3.8, 4) is 0 Å². The van der Waals surface area contributed by atoms with Gasteiger partial charge in [0.25, 0.3) is 0 Å². The third-order valence-electron chi connectivity index (χ3n) is 3.89. The van der Waals surface area contributed by atoms with E-state index in [1.165, 1.54) is 30.5 Å². The van der Waals surface area contributed by atoms with Gasteiger partial charge in [-0.05, 0) is 25.2 Å². The Kier molecular flexibility index (Phi) is 2.64. The van der Waals surface area contributed by atoms with Crippen LogP contribution in [0.15, 0.2) is 6.20 Å². The lowest BCUT2D eigenvalue weighted by molar-refractivity contribution is 0.573. The number of nitrogens with zero attached hydrogens (tertiary/aromatic N) is 2. The molecule has 16 heavy (non-hydrogen) atoms. The van der Waals surface area contributed by atoms with Gasteiger partial charge in [0.15, 0.2) is 0 Å². The summed E-state index contributed by atoms with van der Waals surface area (Å²) >= 11 is 0. The molecule has 2 atom stereocenters. The topological polar surface area (TPSA) is 37.8 Å². The first-order chi connectivity index (χ1) is 7.83. The molecule has 0 bridgehead atoms. The largest absolute Gasteiger partial charge is 0.312 e. The van der Waals surface area contributed by atoms with E-state index in [4.69, 9.17) is 4.98 Å². The molecule has 3 rings (SSSR count).